The molecule has 0 bridgehead atoms. The Morgan fingerprint density at radius 3 is 2.64 bits per heavy atom. The fraction of sp³-hybridized carbons (Fsp3) is 0.429. The van der Waals surface area contributed by atoms with Gasteiger partial charge in [0.2, 0.25) is 0 Å². The number of hydrogen-bond acceptors (Lipinski definition) is 0. The Morgan fingerprint density at radius 1 is 1.23 bits per heavy atom. The van der Waals surface area contributed by atoms with E-state index in [1.54, 1.807) is 11.1 Å². The van der Waals surface area contributed by atoms with E-state index in [0.717, 1.165) is 14.7 Å². The first-order valence-electron chi connectivity index (χ1n) is 8.33. The Kier molecular flexibility index (Phi) is 6.21. The molecule has 0 nitrogen and oxygen atoms in total. The molecule has 1 unspecified atom stereocenters. The van der Waals surface area contributed by atoms with Gasteiger partial charge < -0.3 is 0 Å². The largest absolute Gasteiger partial charge is 0.0865 e. The fourth-order valence-electron chi connectivity index (χ4n) is 3.18. The van der Waals surface area contributed by atoms with Crippen molar-refractivity contribution in [3.8, 4) is 0 Å². The van der Waals surface area contributed by atoms with Crippen LogP contribution in [0, 0.1) is 5.41 Å². The standard InChI is InChI=1S/C21H29P/c1-17(14-16-22-19-10-6-5-7-11-19)12-13-20-18(2)9-8-15-21(20,3)4/h5-7,10-14,22H,8-9,15-16H2,1-4H3/b13-12+,17-14+. The lowest BCUT2D eigenvalue weighted by Crippen LogP contribution is -2.19. The van der Waals surface area contributed by atoms with Crippen molar-refractivity contribution in [2.24, 2.45) is 5.41 Å². The van der Waals surface area contributed by atoms with Crippen molar-refractivity contribution in [2.75, 3.05) is 6.16 Å². The van der Waals surface area contributed by atoms with Crippen molar-refractivity contribution < 1.29 is 0 Å². The molecule has 1 aromatic carbocycles. The molecule has 118 valence electrons. The second-order valence-corrected chi connectivity index (χ2v) is 8.30. The molecule has 0 fully saturated rings. The summed E-state index contributed by atoms with van der Waals surface area (Å²) in [6.07, 6.45) is 12.1. The molecule has 22 heavy (non-hydrogen) atoms. The Morgan fingerprint density at radius 2 is 1.95 bits per heavy atom. The maximum absolute atomic E-state index is 2.38. The van der Waals surface area contributed by atoms with Gasteiger partial charge in [-0.25, -0.2) is 0 Å². The van der Waals surface area contributed by atoms with Crippen molar-refractivity contribution >= 4 is 13.9 Å². The van der Waals surface area contributed by atoms with E-state index < -0.39 is 0 Å². The third kappa shape index (κ3) is 4.96. The van der Waals surface area contributed by atoms with E-state index in [9.17, 15) is 0 Å². The number of allylic oxidation sites excluding steroid dienone is 6. The summed E-state index contributed by atoms with van der Waals surface area (Å²) in [4.78, 5) is 0. The van der Waals surface area contributed by atoms with Crippen LogP contribution in [0.1, 0.15) is 47.0 Å². The molecular formula is C21H29P. The highest BCUT2D eigenvalue weighted by Crippen LogP contribution is 2.40. The van der Waals surface area contributed by atoms with Gasteiger partial charge in [-0.2, -0.15) is 0 Å². The van der Waals surface area contributed by atoms with E-state index in [-0.39, 0.29) is 0 Å². The number of rotatable bonds is 5. The first-order chi connectivity index (χ1) is 10.5. The van der Waals surface area contributed by atoms with Crippen LogP contribution in [0.2, 0.25) is 0 Å². The second kappa shape index (κ2) is 7.93. The van der Waals surface area contributed by atoms with Crippen LogP contribution in [0.15, 0.2) is 65.3 Å². The maximum atomic E-state index is 2.38. The quantitative estimate of drug-likeness (QED) is 0.460. The highest BCUT2D eigenvalue weighted by molar-refractivity contribution is 7.47. The lowest BCUT2D eigenvalue weighted by Gasteiger charge is -2.32. The summed E-state index contributed by atoms with van der Waals surface area (Å²) < 4.78 is 0. The molecule has 1 aliphatic rings. The molecule has 1 atom stereocenters. The van der Waals surface area contributed by atoms with Crippen LogP contribution in [-0.4, -0.2) is 6.16 Å². The van der Waals surface area contributed by atoms with E-state index in [1.165, 1.54) is 30.1 Å². The molecule has 0 amide bonds. The third-order valence-electron chi connectivity index (χ3n) is 4.56. The summed E-state index contributed by atoms with van der Waals surface area (Å²) in [6, 6.07) is 10.8. The van der Waals surface area contributed by atoms with Crippen LogP contribution in [0.5, 0.6) is 0 Å². The molecule has 0 N–H and O–H groups in total. The van der Waals surface area contributed by atoms with Gasteiger partial charge in [0.25, 0.3) is 0 Å². The van der Waals surface area contributed by atoms with E-state index >= 15 is 0 Å². The van der Waals surface area contributed by atoms with Gasteiger partial charge in [0, 0.05) is 0 Å². The molecule has 0 saturated carbocycles. The molecule has 0 heterocycles. The normalized spacial score (nSPS) is 19.5. The molecule has 1 heteroatoms. The first kappa shape index (κ1) is 17.2. The molecule has 0 spiro atoms. The van der Waals surface area contributed by atoms with Crippen LogP contribution in [0.25, 0.3) is 0 Å². The van der Waals surface area contributed by atoms with Crippen LogP contribution in [-0.2, 0) is 0 Å². The van der Waals surface area contributed by atoms with Crippen molar-refractivity contribution in [2.45, 2.75) is 47.0 Å². The average Bonchev–Trinajstić information content (AvgIpc) is 2.47. The van der Waals surface area contributed by atoms with E-state index in [0.29, 0.717) is 5.41 Å². The summed E-state index contributed by atoms with van der Waals surface area (Å²) in [7, 11) is 0.870. The zero-order chi connectivity index (χ0) is 16.0. The summed E-state index contributed by atoms with van der Waals surface area (Å²) in [5.41, 5.74) is 4.85. The zero-order valence-electron chi connectivity index (χ0n) is 14.4. The van der Waals surface area contributed by atoms with Crippen molar-refractivity contribution in [3.05, 3.63) is 65.3 Å². The van der Waals surface area contributed by atoms with Gasteiger partial charge in [-0.05, 0) is 55.6 Å². The molecule has 2 rings (SSSR count). The second-order valence-electron chi connectivity index (χ2n) is 6.96. The minimum absolute atomic E-state index is 0.338. The van der Waals surface area contributed by atoms with Gasteiger partial charge in [-0.15, -0.1) is 0 Å². The summed E-state index contributed by atoms with van der Waals surface area (Å²) in [5, 5.41) is 1.45. The van der Waals surface area contributed by atoms with Crippen molar-refractivity contribution in [3.63, 3.8) is 0 Å². The Hall–Kier alpha value is -1.13. The molecule has 0 saturated heterocycles. The van der Waals surface area contributed by atoms with Gasteiger partial charge in [-0.3, -0.25) is 0 Å². The SMILES string of the molecule is CC1=C(/C=C/C(C)=C/CPc2ccccc2)C(C)(C)CCC1. The van der Waals surface area contributed by atoms with Gasteiger partial charge >= 0.3 is 0 Å². The van der Waals surface area contributed by atoms with Crippen molar-refractivity contribution in [1.29, 1.82) is 0 Å². The lowest BCUT2D eigenvalue weighted by molar-refractivity contribution is 0.377. The Labute approximate surface area is 138 Å². The number of hydrogen-bond donors (Lipinski definition) is 0. The summed E-state index contributed by atoms with van der Waals surface area (Å²) >= 11 is 0. The van der Waals surface area contributed by atoms with Gasteiger partial charge in [0.1, 0.15) is 0 Å². The first-order valence-corrected chi connectivity index (χ1v) is 9.54. The van der Waals surface area contributed by atoms with Gasteiger partial charge in [-0.1, -0.05) is 82.1 Å². The molecule has 0 aliphatic heterocycles. The summed E-state index contributed by atoms with van der Waals surface area (Å²) in [5.74, 6) is 0. The monoisotopic (exact) mass is 312 g/mol. The minimum Gasteiger partial charge on any atom is -0.0865 e. The molecule has 1 aliphatic carbocycles. The highest BCUT2D eigenvalue weighted by atomic mass is 31.1. The van der Waals surface area contributed by atoms with Crippen LogP contribution >= 0.6 is 8.58 Å². The number of benzene rings is 1. The minimum atomic E-state index is 0.338. The van der Waals surface area contributed by atoms with Gasteiger partial charge in [0.15, 0.2) is 0 Å². The highest BCUT2D eigenvalue weighted by Gasteiger charge is 2.26. The van der Waals surface area contributed by atoms with Crippen LogP contribution in [0.3, 0.4) is 0 Å². The van der Waals surface area contributed by atoms with Crippen LogP contribution in [0.4, 0.5) is 0 Å². The molecule has 1 aromatic rings. The van der Waals surface area contributed by atoms with Crippen LogP contribution < -0.4 is 5.30 Å². The zero-order valence-corrected chi connectivity index (χ0v) is 15.4. The molecular weight excluding hydrogens is 283 g/mol. The van der Waals surface area contributed by atoms with Gasteiger partial charge in [0.05, 0.1) is 0 Å². The van der Waals surface area contributed by atoms with E-state index in [2.05, 4.69) is 76.3 Å². The topological polar surface area (TPSA) is 0 Å². The lowest BCUT2D eigenvalue weighted by atomic mass is 9.72. The third-order valence-corrected chi connectivity index (χ3v) is 5.71. The smallest absolute Gasteiger partial charge is 0.0104 e. The van der Waals surface area contributed by atoms with Crippen molar-refractivity contribution in [1.82, 2.24) is 0 Å². The Bertz CT molecular complexity index is 573. The predicted octanol–water partition coefficient (Wildman–Crippen LogP) is 6.02. The predicted molar refractivity (Wildman–Crippen MR) is 102 cm³/mol. The fourth-order valence-corrected chi connectivity index (χ4v) is 4.27. The molecule has 0 radical (unpaired) electrons. The molecule has 0 aromatic heterocycles. The Balaban J connectivity index is 1.95. The summed E-state index contributed by atoms with van der Waals surface area (Å²) in [6.45, 7) is 9.28. The average molecular weight is 312 g/mol. The van der Waals surface area contributed by atoms with E-state index in [4.69, 9.17) is 0 Å². The van der Waals surface area contributed by atoms with E-state index in [1.807, 2.05) is 0 Å². The maximum Gasteiger partial charge on any atom is -0.0104 e.